The van der Waals surface area contributed by atoms with Gasteiger partial charge >= 0.3 is 0 Å². The lowest BCUT2D eigenvalue weighted by atomic mass is 10.0. The summed E-state index contributed by atoms with van der Waals surface area (Å²) in [5, 5.41) is 12.8. The van der Waals surface area contributed by atoms with Crippen LogP contribution in [-0.2, 0) is 11.2 Å². The first-order valence-electron chi connectivity index (χ1n) is 7.94. The Morgan fingerprint density at radius 2 is 2.30 bits per heavy atom. The summed E-state index contributed by atoms with van der Waals surface area (Å²) < 4.78 is 5.64. The Labute approximate surface area is 138 Å². The monoisotopic (exact) mass is 330 g/mol. The molecule has 1 atom stereocenters. The molecule has 1 aromatic heterocycles. The van der Waals surface area contributed by atoms with Crippen molar-refractivity contribution in [3.63, 3.8) is 0 Å². The van der Waals surface area contributed by atoms with Crippen LogP contribution in [0.4, 0.5) is 5.69 Å². The van der Waals surface area contributed by atoms with Crippen molar-refractivity contribution in [2.24, 2.45) is 0 Å². The zero-order chi connectivity index (χ0) is 15.8. The molecule has 4 rings (SSSR count). The molecule has 3 heterocycles. The van der Waals surface area contributed by atoms with Gasteiger partial charge in [-0.3, -0.25) is 4.79 Å². The van der Waals surface area contributed by atoms with E-state index in [1.807, 2.05) is 12.1 Å². The number of nitrogens with zero attached hydrogens (tertiary/aromatic N) is 2. The van der Waals surface area contributed by atoms with Crippen LogP contribution >= 0.6 is 11.3 Å². The first-order valence-corrected chi connectivity index (χ1v) is 8.82. The molecular formula is C17H18N2O3S. The lowest BCUT2D eigenvalue weighted by Crippen LogP contribution is -2.35. The summed E-state index contributed by atoms with van der Waals surface area (Å²) in [4.78, 5) is 19.0. The van der Waals surface area contributed by atoms with Crippen LogP contribution in [0.25, 0.3) is 0 Å². The third-order valence-electron chi connectivity index (χ3n) is 4.39. The van der Waals surface area contributed by atoms with E-state index in [0.29, 0.717) is 17.9 Å². The molecule has 1 saturated heterocycles. The molecule has 2 aliphatic heterocycles. The summed E-state index contributed by atoms with van der Waals surface area (Å²) in [6.45, 7) is 1.37. The number of anilines is 1. The number of carbonyl (C=O) groups is 1. The third kappa shape index (κ3) is 2.62. The van der Waals surface area contributed by atoms with Crippen LogP contribution in [0.2, 0.25) is 0 Å². The number of aromatic hydroxyl groups is 1. The highest BCUT2D eigenvalue weighted by molar-refractivity contribution is 7.09. The van der Waals surface area contributed by atoms with Gasteiger partial charge in [-0.05, 0) is 37.3 Å². The van der Waals surface area contributed by atoms with E-state index in [0.717, 1.165) is 42.9 Å². The molecule has 0 unspecified atom stereocenters. The Kier molecular flexibility index (Phi) is 3.79. The highest BCUT2D eigenvalue weighted by Crippen LogP contribution is 2.37. The Bertz CT molecular complexity index is 737. The van der Waals surface area contributed by atoms with Crippen LogP contribution in [0.1, 0.15) is 46.4 Å². The van der Waals surface area contributed by atoms with Gasteiger partial charge in [0, 0.05) is 18.5 Å². The molecule has 1 amide bonds. The predicted octanol–water partition coefficient (Wildman–Crippen LogP) is 3.29. The summed E-state index contributed by atoms with van der Waals surface area (Å²) in [5.41, 5.74) is 2.09. The van der Waals surface area contributed by atoms with E-state index in [1.165, 1.54) is 11.3 Å². The molecule has 2 aromatic rings. The second-order valence-electron chi connectivity index (χ2n) is 5.92. The Hall–Kier alpha value is -1.92. The van der Waals surface area contributed by atoms with Crippen LogP contribution < -0.4 is 4.90 Å². The van der Waals surface area contributed by atoms with Gasteiger partial charge in [0.05, 0.1) is 5.69 Å². The van der Waals surface area contributed by atoms with Gasteiger partial charge in [0.2, 0.25) is 0 Å². The summed E-state index contributed by atoms with van der Waals surface area (Å²) in [7, 11) is 0. The van der Waals surface area contributed by atoms with Gasteiger partial charge in [-0.1, -0.05) is 12.1 Å². The number of amides is 1. The molecule has 6 heteroatoms. The van der Waals surface area contributed by atoms with Crippen molar-refractivity contribution >= 4 is 22.9 Å². The largest absolute Gasteiger partial charge is 0.506 e. The van der Waals surface area contributed by atoms with Gasteiger partial charge in [-0.25, -0.2) is 4.98 Å². The number of carbonyl (C=O) groups excluding carboxylic acids is 1. The van der Waals surface area contributed by atoms with E-state index in [1.54, 1.807) is 16.3 Å². The van der Waals surface area contributed by atoms with Gasteiger partial charge in [0.15, 0.2) is 0 Å². The normalized spacial score (nSPS) is 20.5. The number of fused-ring (bicyclic) bond motifs is 1. The average molecular weight is 330 g/mol. The smallest absolute Gasteiger partial charge is 0.277 e. The quantitative estimate of drug-likeness (QED) is 0.918. The van der Waals surface area contributed by atoms with Crippen molar-refractivity contribution in [1.82, 2.24) is 4.98 Å². The number of hydrogen-bond donors (Lipinski definition) is 1. The molecule has 1 N–H and O–H groups in total. The number of para-hydroxylation sites is 1. The van der Waals surface area contributed by atoms with Crippen LogP contribution in [0.15, 0.2) is 23.6 Å². The van der Waals surface area contributed by atoms with E-state index >= 15 is 0 Å². The number of phenolic OH excluding ortho intramolecular Hbond substituents is 1. The number of rotatable bonds is 2. The zero-order valence-corrected chi connectivity index (χ0v) is 13.5. The van der Waals surface area contributed by atoms with Crippen LogP contribution in [-0.4, -0.2) is 29.1 Å². The van der Waals surface area contributed by atoms with Crippen LogP contribution in [0.3, 0.4) is 0 Å². The van der Waals surface area contributed by atoms with Gasteiger partial charge in [0.25, 0.3) is 5.91 Å². The molecule has 5 nitrogen and oxygen atoms in total. The molecule has 1 fully saturated rings. The minimum atomic E-state index is -0.145. The van der Waals surface area contributed by atoms with E-state index in [9.17, 15) is 9.90 Å². The second kappa shape index (κ2) is 5.94. The fraction of sp³-hybridized carbons (Fsp3) is 0.412. The maximum atomic E-state index is 12.9. The molecule has 23 heavy (non-hydrogen) atoms. The summed E-state index contributed by atoms with van der Waals surface area (Å²) >= 11 is 1.48. The number of phenols is 1. The third-order valence-corrected chi connectivity index (χ3v) is 5.32. The van der Waals surface area contributed by atoms with E-state index in [4.69, 9.17) is 4.74 Å². The lowest BCUT2D eigenvalue weighted by Gasteiger charge is -2.29. The van der Waals surface area contributed by atoms with Crippen molar-refractivity contribution in [3.8, 4) is 5.75 Å². The van der Waals surface area contributed by atoms with Gasteiger partial charge in [-0.2, -0.15) is 0 Å². The van der Waals surface area contributed by atoms with Crippen molar-refractivity contribution in [2.45, 2.75) is 31.8 Å². The number of aryl methyl sites for hydroxylation is 1. The van der Waals surface area contributed by atoms with Crippen molar-refractivity contribution in [2.75, 3.05) is 18.1 Å². The number of benzene rings is 1. The highest BCUT2D eigenvalue weighted by Gasteiger charge is 2.29. The standard InChI is InChI=1S/C17H18N2O3S/c20-13-6-1-4-11-5-2-8-19(15(11)13)17(21)12-10-23-16(18-12)14-7-3-9-22-14/h1,4,6,10,14,20H,2-3,5,7-9H2/t14-/m1/s1. The average Bonchev–Trinajstić information content (AvgIpc) is 3.25. The molecule has 0 bridgehead atoms. The van der Waals surface area contributed by atoms with Gasteiger partial charge < -0.3 is 14.7 Å². The Morgan fingerprint density at radius 1 is 1.39 bits per heavy atom. The molecule has 0 saturated carbocycles. The van der Waals surface area contributed by atoms with E-state index in [2.05, 4.69) is 4.98 Å². The maximum Gasteiger partial charge on any atom is 0.277 e. The van der Waals surface area contributed by atoms with Crippen LogP contribution in [0.5, 0.6) is 5.75 Å². The number of thiazole rings is 1. The Morgan fingerprint density at radius 3 is 3.13 bits per heavy atom. The first-order chi connectivity index (χ1) is 11.2. The van der Waals surface area contributed by atoms with Gasteiger partial charge in [-0.15, -0.1) is 11.3 Å². The fourth-order valence-electron chi connectivity index (χ4n) is 3.28. The minimum Gasteiger partial charge on any atom is -0.506 e. The number of aromatic nitrogens is 1. The topological polar surface area (TPSA) is 62.7 Å². The van der Waals surface area contributed by atoms with Crippen molar-refractivity contribution < 1.29 is 14.6 Å². The summed E-state index contributed by atoms with van der Waals surface area (Å²) in [5.74, 6) is 0.0121. The molecular weight excluding hydrogens is 312 g/mol. The molecule has 0 spiro atoms. The van der Waals surface area contributed by atoms with Crippen molar-refractivity contribution in [3.05, 3.63) is 39.8 Å². The first kappa shape index (κ1) is 14.7. The summed E-state index contributed by atoms with van der Waals surface area (Å²) in [6.07, 6.45) is 3.81. The van der Waals surface area contributed by atoms with E-state index < -0.39 is 0 Å². The second-order valence-corrected chi connectivity index (χ2v) is 6.81. The molecule has 1 aromatic carbocycles. The fourth-order valence-corrected chi connectivity index (χ4v) is 4.15. The Balaban J connectivity index is 1.63. The molecule has 0 aliphatic carbocycles. The SMILES string of the molecule is O=C(c1csc([C@H]2CCCO2)n1)N1CCCc2cccc(O)c21. The lowest BCUT2D eigenvalue weighted by molar-refractivity contribution is 0.0976. The molecule has 2 aliphatic rings. The van der Waals surface area contributed by atoms with Gasteiger partial charge in [0.1, 0.15) is 22.6 Å². The minimum absolute atomic E-state index is 0.0311. The zero-order valence-electron chi connectivity index (χ0n) is 12.7. The summed E-state index contributed by atoms with van der Waals surface area (Å²) in [6, 6.07) is 5.41. The predicted molar refractivity (Wildman–Crippen MR) is 88.1 cm³/mol. The molecule has 0 radical (unpaired) electrons. The highest BCUT2D eigenvalue weighted by atomic mass is 32.1. The number of hydrogen-bond acceptors (Lipinski definition) is 5. The number of ether oxygens (including phenoxy) is 1. The van der Waals surface area contributed by atoms with Crippen LogP contribution in [0, 0.1) is 0 Å². The van der Waals surface area contributed by atoms with E-state index in [-0.39, 0.29) is 17.8 Å². The van der Waals surface area contributed by atoms with Crippen molar-refractivity contribution in [1.29, 1.82) is 0 Å². The maximum absolute atomic E-state index is 12.9. The molecule has 120 valence electrons.